The third-order valence-electron chi connectivity index (χ3n) is 4.85. The van der Waals surface area contributed by atoms with Crippen LogP contribution in [0.4, 0.5) is 0 Å². The number of rotatable bonds is 5. The van der Waals surface area contributed by atoms with Crippen LogP contribution in [0.2, 0.25) is 0 Å². The SMILES string of the molecule is CC1COC(C23C=CC(O2)C(C(=O)C(=O)OCc2ccccc2)C3)O1. The van der Waals surface area contributed by atoms with Gasteiger partial charge in [-0.3, -0.25) is 4.79 Å². The number of esters is 1. The molecule has 1 aromatic rings. The molecule has 0 saturated carbocycles. The number of carbonyl (C=O) groups is 2. The molecular formula is C19H20O6. The highest BCUT2D eigenvalue weighted by molar-refractivity contribution is 6.34. The van der Waals surface area contributed by atoms with Crippen molar-refractivity contribution >= 4 is 11.8 Å². The smallest absolute Gasteiger partial charge is 0.375 e. The fraction of sp³-hybridized carbons (Fsp3) is 0.474. The average molecular weight is 344 g/mol. The molecule has 3 aliphatic rings. The van der Waals surface area contributed by atoms with E-state index in [-0.39, 0.29) is 12.7 Å². The zero-order valence-electron chi connectivity index (χ0n) is 13.9. The monoisotopic (exact) mass is 344 g/mol. The van der Waals surface area contributed by atoms with Crippen molar-refractivity contribution in [2.45, 2.75) is 44.1 Å². The van der Waals surface area contributed by atoms with Crippen LogP contribution < -0.4 is 0 Å². The molecule has 5 atom stereocenters. The second-order valence-electron chi connectivity index (χ2n) is 6.75. The normalized spacial score (nSPS) is 35.9. The molecule has 0 amide bonds. The Hall–Kier alpha value is -2.02. The van der Waals surface area contributed by atoms with Gasteiger partial charge in [0.15, 0.2) is 6.29 Å². The third kappa shape index (κ3) is 3.01. The van der Waals surface area contributed by atoms with E-state index in [1.165, 1.54) is 0 Å². The number of hydrogen-bond acceptors (Lipinski definition) is 6. The molecule has 4 rings (SSSR count). The lowest BCUT2D eigenvalue weighted by atomic mass is 9.83. The van der Waals surface area contributed by atoms with Gasteiger partial charge in [0, 0.05) is 0 Å². The Bertz CT molecular complexity index is 699. The second kappa shape index (κ2) is 6.37. The Labute approximate surface area is 145 Å². The summed E-state index contributed by atoms with van der Waals surface area (Å²) in [6.07, 6.45) is 3.08. The predicted molar refractivity (Wildman–Crippen MR) is 86.4 cm³/mol. The molecule has 25 heavy (non-hydrogen) atoms. The number of ketones is 1. The van der Waals surface area contributed by atoms with Crippen LogP contribution in [0.3, 0.4) is 0 Å². The summed E-state index contributed by atoms with van der Waals surface area (Å²) in [6, 6.07) is 9.26. The van der Waals surface area contributed by atoms with Crippen molar-refractivity contribution in [1.82, 2.24) is 0 Å². The molecule has 3 heterocycles. The summed E-state index contributed by atoms with van der Waals surface area (Å²) < 4.78 is 22.5. The molecule has 6 heteroatoms. The maximum atomic E-state index is 12.5. The molecule has 0 N–H and O–H groups in total. The van der Waals surface area contributed by atoms with Gasteiger partial charge in [-0.2, -0.15) is 0 Å². The van der Waals surface area contributed by atoms with E-state index in [1.54, 1.807) is 0 Å². The maximum absolute atomic E-state index is 12.5. The lowest BCUT2D eigenvalue weighted by Gasteiger charge is -2.28. The topological polar surface area (TPSA) is 71.1 Å². The molecule has 2 fully saturated rings. The van der Waals surface area contributed by atoms with Gasteiger partial charge in [0.1, 0.15) is 12.2 Å². The highest BCUT2D eigenvalue weighted by Gasteiger charge is 2.58. The largest absolute Gasteiger partial charge is 0.455 e. The number of ether oxygens (including phenoxy) is 4. The van der Waals surface area contributed by atoms with Gasteiger partial charge in [-0.05, 0) is 25.0 Å². The van der Waals surface area contributed by atoms with Crippen LogP contribution >= 0.6 is 0 Å². The van der Waals surface area contributed by atoms with Crippen molar-refractivity contribution < 1.29 is 28.5 Å². The van der Waals surface area contributed by atoms with Crippen LogP contribution in [0, 0.1) is 5.92 Å². The Morgan fingerprint density at radius 1 is 1.28 bits per heavy atom. The first-order valence-corrected chi connectivity index (χ1v) is 8.46. The quantitative estimate of drug-likeness (QED) is 0.461. The third-order valence-corrected chi connectivity index (χ3v) is 4.85. The van der Waals surface area contributed by atoms with E-state index in [9.17, 15) is 9.59 Å². The number of benzene rings is 1. The summed E-state index contributed by atoms with van der Waals surface area (Å²) >= 11 is 0. The van der Waals surface area contributed by atoms with E-state index < -0.39 is 35.7 Å². The Kier molecular flexibility index (Phi) is 4.19. The zero-order chi connectivity index (χ0) is 17.4. The maximum Gasteiger partial charge on any atom is 0.375 e. The first kappa shape index (κ1) is 16.4. The summed E-state index contributed by atoms with van der Waals surface area (Å²) in [5.74, 6) is -1.94. The molecule has 132 valence electrons. The summed E-state index contributed by atoms with van der Waals surface area (Å²) in [7, 11) is 0. The van der Waals surface area contributed by atoms with Gasteiger partial charge in [-0.25, -0.2) is 4.79 Å². The van der Waals surface area contributed by atoms with Crippen molar-refractivity contribution in [2.75, 3.05) is 6.61 Å². The highest BCUT2D eigenvalue weighted by atomic mass is 16.7. The van der Waals surface area contributed by atoms with Crippen LogP contribution in [-0.2, 0) is 35.1 Å². The van der Waals surface area contributed by atoms with Gasteiger partial charge < -0.3 is 18.9 Å². The first-order chi connectivity index (χ1) is 12.1. The minimum absolute atomic E-state index is 0.0129. The fourth-order valence-electron chi connectivity index (χ4n) is 3.57. The highest BCUT2D eigenvalue weighted by Crippen LogP contribution is 2.47. The predicted octanol–water partition coefficient (Wildman–Crippen LogP) is 1.77. The molecule has 0 aromatic heterocycles. The van der Waals surface area contributed by atoms with Gasteiger partial charge in [0.25, 0.3) is 0 Å². The fourth-order valence-corrected chi connectivity index (χ4v) is 3.57. The van der Waals surface area contributed by atoms with Crippen LogP contribution in [0.5, 0.6) is 0 Å². The van der Waals surface area contributed by atoms with Crippen LogP contribution in [0.15, 0.2) is 42.5 Å². The van der Waals surface area contributed by atoms with Crippen molar-refractivity contribution in [3.63, 3.8) is 0 Å². The molecule has 1 aromatic carbocycles. The minimum atomic E-state index is -0.824. The van der Waals surface area contributed by atoms with Gasteiger partial charge >= 0.3 is 5.97 Å². The van der Waals surface area contributed by atoms with E-state index in [0.29, 0.717) is 13.0 Å². The number of Topliss-reactive ketones (excluding diaryl/α,β-unsaturated/α-hetero) is 1. The molecule has 5 unspecified atom stereocenters. The summed E-state index contributed by atoms with van der Waals surface area (Å²) in [5.41, 5.74) is 0.0566. The summed E-state index contributed by atoms with van der Waals surface area (Å²) in [4.78, 5) is 24.7. The van der Waals surface area contributed by atoms with Crippen molar-refractivity contribution in [3.8, 4) is 0 Å². The summed E-state index contributed by atoms with van der Waals surface area (Å²) in [5, 5.41) is 0. The minimum Gasteiger partial charge on any atom is -0.455 e. The van der Waals surface area contributed by atoms with Gasteiger partial charge in [-0.15, -0.1) is 0 Å². The van der Waals surface area contributed by atoms with Gasteiger partial charge in [-0.1, -0.05) is 36.4 Å². The molecule has 0 aliphatic carbocycles. The summed E-state index contributed by atoms with van der Waals surface area (Å²) in [6.45, 7) is 2.49. The Morgan fingerprint density at radius 3 is 2.80 bits per heavy atom. The van der Waals surface area contributed by atoms with E-state index >= 15 is 0 Å². The van der Waals surface area contributed by atoms with Crippen molar-refractivity contribution in [2.24, 2.45) is 5.92 Å². The molecular weight excluding hydrogens is 324 g/mol. The lowest BCUT2D eigenvalue weighted by Crippen LogP contribution is -2.41. The molecule has 2 bridgehead atoms. The van der Waals surface area contributed by atoms with Gasteiger partial charge in [0.05, 0.1) is 24.7 Å². The standard InChI is InChI=1S/C19H20O6/c1-12-10-23-18(24-12)19-8-7-15(25-19)14(9-19)16(20)17(21)22-11-13-5-3-2-4-6-13/h2-8,12,14-15,18H,9-11H2,1H3. The van der Waals surface area contributed by atoms with Crippen LogP contribution in [-0.4, -0.2) is 42.5 Å². The molecule has 3 aliphatic heterocycles. The van der Waals surface area contributed by atoms with Gasteiger partial charge in [0.2, 0.25) is 5.78 Å². The van der Waals surface area contributed by atoms with E-state index in [0.717, 1.165) is 5.56 Å². The van der Waals surface area contributed by atoms with Crippen molar-refractivity contribution in [1.29, 1.82) is 0 Å². The Balaban J connectivity index is 1.38. The average Bonchev–Trinajstić information content (AvgIpc) is 3.34. The molecule has 6 nitrogen and oxygen atoms in total. The first-order valence-electron chi connectivity index (χ1n) is 8.46. The Morgan fingerprint density at radius 2 is 2.08 bits per heavy atom. The molecule has 0 spiro atoms. The number of carbonyl (C=O) groups excluding carboxylic acids is 2. The van der Waals surface area contributed by atoms with Crippen molar-refractivity contribution in [3.05, 3.63) is 48.0 Å². The van der Waals surface area contributed by atoms with E-state index in [1.807, 2.05) is 49.4 Å². The van der Waals surface area contributed by atoms with E-state index in [4.69, 9.17) is 18.9 Å². The van der Waals surface area contributed by atoms with Crippen LogP contribution in [0.25, 0.3) is 0 Å². The number of fused-ring (bicyclic) bond motifs is 2. The van der Waals surface area contributed by atoms with E-state index in [2.05, 4.69) is 0 Å². The molecule has 2 saturated heterocycles. The second-order valence-corrected chi connectivity index (χ2v) is 6.75. The lowest BCUT2D eigenvalue weighted by molar-refractivity contribution is -0.170. The zero-order valence-corrected chi connectivity index (χ0v) is 13.9. The van der Waals surface area contributed by atoms with Crippen LogP contribution in [0.1, 0.15) is 18.9 Å². The molecule has 0 radical (unpaired) electrons. The number of hydrogen-bond donors (Lipinski definition) is 0.